The van der Waals surface area contributed by atoms with Crippen molar-refractivity contribution in [3.63, 3.8) is 0 Å². The van der Waals surface area contributed by atoms with Gasteiger partial charge in [0.15, 0.2) is 0 Å². The molecule has 4 rings (SSSR count). The number of aryl methyl sites for hydroxylation is 2. The molecular weight excluding hydrogens is 366 g/mol. The second kappa shape index (κ2) is 7.09. The van der Waals surface area contributed by atoms with Gasteiger partial charge in [0.05, 0.1) is 18.0 Å². The first kappa shape index (κ1) is 18.2. The molecule has 0 radical (unpaired) electrons. The number of sulfonamides is 1. The van der Waals surface area contributed by atoms with E-state index in [2.05, 4.69) is 9.97 Å². The van der Waals surface area contributed by atoms with Gasteiger partial charge in [0.25, 0.3) is 0 Å². The highest BCUT2D eigenvalue weighted by Gasteiger charge is 2.32. The van der Waals surface area contributed by atoms with Gasteiger partial charge < -0.3 is 9.47 Å². The molecule has 1 atom stereocenters. The molecule has 1 aromatic carbocycles. The number of rotatable bonds is 4. The van der Waals surface area contributed by atoms with Gasteiger partial charge in [-0.2, -0.15) is 4.31 Å². The van der Waals surface area contributed by atoms with Crippen LogP contribution in [0.2, 0.25) is 0 Å². The Morgan fingerprint density at radius 2 is 1.96 bits per heavy atom. The van der Waals surface area contributed by atoms with Crippen LogP contribution >= 0.6 is 0 Å². The van der Waals surface area contributed by atoms with Gasteiger partial charge in [0, 0.05) is 24.4 Å². The molecule has 144 valence electrons. The third-order valence-corrected chi connectivity index (χ3v) is 6.73. The summed E-state index contributed by atoms with van der Waals surface area (Å²) in [5.41, 5.74) is 2.61. The Labute approximate surface area is 159 Å². The molecule has 8 heteroatoms. The van der Waals surface area contributed by atoms with Crippen molar-refractivity contribution in [1.82, 2.24) is 14.3 Å². The standard InChI is InChI=1S/C19H23N3O4S/c1-13-10-14(2)21-19(20-13)26-16-4-3-8-22(12-16)27(23,24)17-5-6-18-15(11-17)7-9-25-18/h5-6,10-11,16H,3-4,7-9,12H2,1-2H3/t16-/m0/s1. The van der Waals surface area contributed by atoms with E-state index in [4.69, 9.17) is 9.47 Å². The quantitative estimate of drug-likeness (QED) is 0.798. The van der Waals surface area contributed by atoms with Crippen molar-refractivity contribution in [2.75, 3.05) is 19.7 Å². The summed E-state index contributed by atoms with van der Waals surface area (Å²) in [7, 11) is -3.57. The van der Waals surface area contributed by atoms with Gasteiger partial charge in [0.1, 0.15) is 11.9 Å². The second-order valence-corrected chi connectivity index (χ2v) is 8.98. The maximum atomic E-state index is 13.1. The summed E-state index contributed by atoms with van der Waals surface area (Å²) in [6.07, 6.45) is 2.00. The van der Waals surface area contributed by atoms with Gasteiger partial charge in [0.2, 0.25) is 10.0 Å². The zero-order valence-corrected chi connectivity index (χ0v) is 16.3. The molecule has 0 N–H and O–H groups in total. The van der Waals surface area contributed by atoms with Gasteiger partial charge in [-0.05, 0) is 56.5 Å². The summed E-state index contributed by atoms with van der Waals surface area (Å²) in [5.74, 6) is 0.778. The van der Waals surface area contributed by atoms with Crippen molar-refractivity contribution in [3.8, 4) is 11.8 Å². The Balaban J connectivity index is 1.51. The Kier molecular flexibility index (Phi) is 4.77. The Morgan fingerprint density at radius 1 is 1.19 bits per heavy atom. The molecule has 0 bridgehead atoms. The van der Waals surface area contributed by atoms with Crippen molar-refractivity contribution in [3.05, 3.63) is 41.2 Å². The predicted molar refractivity (Wildman–Crippen MR) is 99.6 cm³/mol. The summed E-state index contributed by atoms with van der Waals surface area (Å²) in [6.45, 7) is 5.16. The maximum Gasteiger partial charge on any atom is 0.317 e. The fraction of sp³-hybridized carbons (Fsp3) is 0.474. The molecule has 27 heavy (non-hydrogen) atoms. The van der Waals surface area contributed by atoms with Crippen molar-refractivity contribution in [2.45, 2.75) is 44.1 Å². The first-order chi connectivity index (χ1) is 12.9. The Bertz CT molecular complexity index is 941. The van der Waals surface area contributed by atoms with E-state index in [1.165, 1.54) is 4.31 Å². The molecular formula is C19H23N3O4S. The summed E-state index contributed by atoms with van der Waals surface area (Å²) in [6, 6.07) is 7.29. The lowest BCUT2D eigenvalue weighted by Crippen LogP contribution is -2.44. The highest BCUT2D eigenvalue weighted by atomic mass is 32.2. The van der Waals surface area contributed by atoms with Gasteiger partial charge in [-0.15, -0.1) is 0 Å². The number of hydrogen-bond donors (Lipinski definition) is 0. The van der Waals surface area contributed by atoms with E-state index < -0.39 is 10.0 Å². The van der Waals surface area contributed by atoms with E-state index in [0.29, 0.717) is 30.6 Å². The van der Waals surface area contributed by atoms with E-state index in [-0.39, 0.29) is 6.10 Å². The van der Waals surface area contributed by atoms with Crippen LogP contribution in [-0.2, 0) is 16.4 Å². The topological polar surface area (TPSA) is 81.6 Å². The molecule has 0 spiro atoms. The minimum Gasteiger partial charge on any atom is -0.493 e. The molecule has 1 saturated heterocycles. The maximum absolute atomic E-state index is 13.1. The number of fused-ring (bicyclic) bond motifs is 1. The minimum absolute atomic E-state index is 0.257. The van der Waals surface area contributed by atoms with Crippen LogP contribution in [0.15, 0.2) is 29.2 Å². The second-order valence-electron chi connectivity index (χ2n) is 7.05. The molecule has 2 aliphatic rings. The van der Waals surface area contributed by atoms with E-state index in [1.807, 2.05) is 19.9 Å². The number of hydrogen-bond acceptors (Lipinski definition) is 6. The molecule has 0 saturated carbocycles. The first-order valence-electron chi connectivity index (χ1n) is 9.16. The largest absolute Gasteiger partial charge is 0.493 e. The lowest BCUT2D eigenvalue weighted by Gasteiger charge is -2.31. The third-order valence-electron chi connectivity index (χ3n) is 4.87. The number of ether oxygens (including phenoxy) is 2. The summed E-state index contributed by atoms with van der Waals surface area (Å²) < 4.78 is 39.1. The smallest absolute Gasteiger partial charge is 0.317 e. The monoisotopic (exact) mass is 389 g/mol. The van der Waals surface area contributed by atoms with Crippen molar-refractivity contribution >= 4 is 10.0 Å². The molecule has 0 aliphatic carbocycles. The van der Waals surface area contributed by atoms with E-state index >= 15 is 0 Å². The normalized spacial score (nSPS) is 20.1. The van der Waals surface area contributed by atoms with Crippen LogP contribution in [0.1, 0.15) is 29.8 Å². The van der Waals surface area contributed by atoms with E-state index in [9.17, 15) is 8.42 Å². The Morgan fingerprint density at radius 3 is 2.74 bits per heavy atom. The van der Waals surface area contributed by atoms with Crippen LogP contribution < -0.4 is 9.47 Å². The third kappa shape index (κ3) is 3.77. The fourth-order valence-corrected chi connectivity index (χ4v) is 5.15. The molecule has 1 aromatic heterocycles. The summed E-state index contributed by atoms with van der Waals surface area (Å²) in [4.78, 5) is 8.91. The molecule has 0 unspecified atom stereocenters. The van der Waals surface area contributed by atoms with E-state index in [0.717, 1.165) is 42.0 Å². The number of aromatic nitrogens is 2. The lowest BCUT2D eigenvalue weighted by atomic mass is 10.1. The molecule has 3 heterocycles. The summed E-state index contributed by atoms with van der Waals surface area (Å²) in [5, 5.41) is 0. The fourth-order valence-electron chi connectivity index (χ4n) is 3.59. The molecule has 0 amide bonds. The number of piperidine rings is 1. The average molecular weight is 389 g/mol. The first-order valence-corrected chi connectivity index (χ1v) is 10.6. The van der Waals surface area contributed by atoms with Crippen LogP contribution in [0.4, 0.5) is 0 Å². The van der Waals surface area contributed by atoms with Crippen LogP contribution in [-0.4, -0.2) is 48.5 Å². The van der Waals surface area contributed by atoms with E-state index in [1.54, 1.807) is 18.2 Å². The zero-order chi connectivity index (χ0) is 19.0. The molecule has 2 aliphatic heterocycles. The van der Waals surface area contributed by atoms with Crippen LogP contribution in [0.25, 0.3) is 0 Å². The van der Waals surface area contributed by atoms with Crippen LogP contribution in [0.5, 0.6) is 11.8 Å². The molecule has 7 nitrogen and oxygen atoms in total. The number of nitrogens with zero attached hydrogens (tertiary/aromatic N) is 3. The van der Waals surface area contributed by atoms with Gasteiger partial charge in [-0.1, -0.05) is 0 Å². The molecule has 2 aromatic rings. The highest BCUT2D eigenvalue weighted by Crippen LogP contribution is 2.30. The average Bonchev–Trinajstić information content (AvgIpc) is 3.09. The van der Waals surface area contributed by atoms with Gasteiger partial charge in [-0.25, -0.2) is 18.4 Å². The van der Waals surface area contributed by atoms with Crippen molar-refractivity contribution in [1.29, 1.82) is 0 Å². The van der Waals surface area contributed by atoms with Gasteiger partial charge in [-0.3, -0.25) is 0 Å². The van der Waals surface area contributed by atoms with Crippen molar-refractivity contribution in [2.24, 2.45) is 0 Å². The van der Waals surface area contributed by atoms with Crippen LogP contribution in [0.3, 0.4) is 0 Å². The number of benzene rings is 1. The van der Waals surface area contributed by atoms with Crippen molar-refractivity contribution < 1.29 is 17.9 Å². The zero-order valence-electron chi connectivity index (χ0n) is 15.5. The summed E-state index contributed by atoms with van der Waals surface area (Å²) >= 11 is 0. The predicted octanol–water partition coefficient (Wildman–Crippen LogP) is 2.26. The lowest BCUT2D eigenvalue weighted by molar-refractivity contribution is 0.119. The van der Waals surface area contributed by atoms with Gasteiger partial charge >= 0.3 is 6.01 Å². The molecule has 1 fully saturated rings. The highest BCUT2D eigenvalue weighted by molar-refractivity contribution is 7.89. The SMILES string of the molecule is Cc1cc(C)nc(O[C@H]2CCCN(S(=O)(=O)c3ccc4c(c3)CCO4)C2)n1. The Hall–Kier alpha value is -2.19. The van der Waals surface area contributed by atoms with Crippen LogP contribution in [0, 0.1) is 13.8 Å². The minimum atomic E-state index is -3.57.